The molecule has 1 saturated heterocycles. The summed E-state index contributed by atoms with van der Waals surface area (Å²) in [6.07, 6.45) is 3.39. The molecule has 1 aliphatic heterocycles. The minimum absolute atomic E-state index is 0.0280. The zero-order valence-electron chi connectivity index (χ0n) is 16.9. The van der Waals surface area contributed by atoms with Crippen LogP contribution in [0.3, 0.4) is 0 Å². The fraction of sp³-hybridized carbons (Fsp3) is 0.500. The van der Waals surface area contributed by atoms with E-state index in [1.807, 2.05) is 0 Å². The molecule has 2 aromatic rings. The van der Waals surface area contributed by atoms with Crippen molar-refractivity contribution < 1.29 is 9.47 Å². The second-order valence-electron chi connectivity index (χ2n) is 8.20. The van der Waals surface area contributed by atoms with E-state index in [2.05, 4.69) is 73.8 Å². The standard InChI is InChI=1S/C24H33NO2/c1-24(2)17-19(14-16-27-24)18-25-15-13-23(20-7-5-4-6-8-20)21-9-11-22(26-3)12-10-21/h4-12,19,23,25H,13-18H2,1-3H3. The summed E-state index contributed by atoms with van der Waals surface area (Å²) in [5.41, 5.74) is 2.74. The molecule has 0 radical (unpaired) electrons. The van der Waals surface area contributed by atoms with Gasteiger partial charge in [0.1, 0.15) is 5.75 Å². The molecule has 3 nitrogen and oxygen atoms in total. The summed E-state index contributed by atoms with van der Waals surface area (Å²) >= 11 is 0. The van der Waals surface area contributed by atoms with Crippen LogP contribution >= 0.6 is 0 Å². The van der Waals surface area contributed by atoms with Gasteiger partial charge in [-0.1, -0.05) is 42.5 Å². The minimum Gasteiger partial charge on any atom is -0.497 e. The van der Waals surface area contributed by atoms with E-state index >= 15 is 0 Å². The quantitative estimate of drug-likeness (QED) is 0.665. The third-order valence-corrected chi connectivity index (χ3v) is 5.56. The van der Waals surface area contributed by atoms with Crippen molar-refractivity contribution in [3.8, 4) is 5.75 Å². The molecular weight excluding hydrogens is 334 g/mol. The van der Waals surface area contributed by atoms with E-state index in [1.165, 1.54) is 11.1 Å². The van der Waals surface area contributed by atoms with Gasteiger partial charge in [0.2, 0.25) is 0 Å². The van der Waals surface area contributed by atoms with Crippen LogP contribution in [0.2, 0.25) is 0 Å². The number of rotatable bonds is 8. The van der Waals surface area contributed by atoms with Gasteiger partial charge < -0.3 is 14.8 Å². The van der Waals surface area contributed by atoms with Crippen LogP contribution in [-0.2, 0) is 4.74 Å². The van der Waals surface area contributed by atoms with Crippen molar-refractivity contribution in [1.82, 2.24) is 5.32 Å². The fourth-order valence-electron chi connectivity index (χ4n) is 4.13. The Morgan fingerprint density at radius 1 is 1.07 bits per heavy atom. The predicted octanol–water partition coefficient (Wildman–Crippen LogP) is 5.01. The average Bonchev–Trinajstić information content (AvgIpc) is 2.68. The lowest BCUT2D eigenvalue weighted by Gasteiger charge is -2.35. The molecule has 1 heterocycles. The maximum absolute atomic E-state index is 5.84. The molecule has 0 spiro atoms. The Morgan fingerprint density at radius 3 is 2.44 bits per heavy atom. The summed E-state index contributed by atoms with van der Waals surface area (Å²) in [6, 6.07) is 19.3. The molecule has 0 amide bonds. The van der Waals surface area contributed by atoms with E-state index < -0.39 is 0 Å². The van der Waals surface area contributed by atoms with Crippen molar-refractivity contribution in [2.45, 2.75) is 44.6 Å². The van der Waals surface area contributed by atoms with Crippen molar-refractivity contribution in [3.63, 3.8) is 0 Å². The first-order chi connectivity index (χ1) is 13.1. The Balaban J connectivity index is 1.58. The Labute approximate surface area is 164 Å². The zero-order chi connectivity index (χ0) is 19.1. The van der Waals surface area contributed by atoms with Gasteiger partial charge in [-0.05, 0) is 75.4 Å². The second kappa shape index (κ2) is 9.38. The Morgan fingerprint density at radius 2 is 1.78 bits per heavy atom. The lowest BCUT2D eigenvalue weighted by atomic mass is 9.87. The smallest absolute Gasteiger partial charge is 0.118 e. The van der Waals surface area contributed by atoms with Gasteiger partial charge in [0.05, 0.1) is 12.7 Å². The van der Waals surface area contributed by atoms with Gasteiger partial charge in [-0.25, -0.2) is 0 Å². The van der Waals surface area contributed by atoms with Crippen LogP contribution in [0.1, 0.15) is 50.2 Å². The average molecular weight is 368 g/mol. The molecule has 2 unspecified atom stereocenters. The predicted molar refractivity (Wildman–Crippen MR) is 112 cm³/mol. The van der Waals surface area contributed by atoms with E-state index in [0.29, 0.717) is 11.8 Å². The van der Waals surface area contributed by atoms with E-state index in [0.717, 1.165) is 44.7 Å². The van der Waals surface area contributed by atoms with Crippen molar-refractivity contribution >= 4 is 0 Å². The maximum Gasteiger partial charge on any atom is 0.118 e. The first-order valence-electron chi connectivity index (χ1n) is 10.1. The SMILES string of the molecule is COc1ccc(C(CCNCC2CCOC(C)(C)C2)c2ccccc2)cc1. The maximum atomic E-state index is 5.84. The first-order valence-corrected chi connectivity index (χ1v) is 10.1. The molecule has 27 heavy (non-hydrogen) atoms. The highest BCUT2D eigenvalue weighted by Gasteiger charge is 2.28. The molecule has 0 aromatic heterocycles. The molecular formula is C24H33NO2. The largest absolute Gasteiger partial charge is 0.497 e. The molecule has 2 atom stereocenters. The number of ether oxygens (including phenoxy) is 2. The molecule has 0 saturated carbocycles. The summed E-state index contributed by atoms with van der Waals surface area (Å²) in [5, 5.41) is 3.71. The summed E-state index contributed by atoms with van der Waals surface area (Å²) in [7, 11) is 1.71. The van der Waals surface area contributed by atoms with Gasteiger partial charge in [-0.3, -0.25) is 0 Å². The van der Waals surface area contributed by atoms with E-state index in [-0.39, 0.29) is 5.60 Å². The van der Waals surface area contributed by atoms with Crippen LogP contribution < -0.4 is 10.1 Å². The lowest BCUT2D eigenvalue weighted by Crippen LogP contribution is -2.38. The number of nitrogens with one attached hydrogen (secondary N) is 1. The van der Waals surface area contributed by atoms with Gasteiger partial charge in [0.25, 0.3) is 0 Å². The van der Waals surface area contributed by atoms with Gasteiger partial charge in [-0.15, -0.1) is 0 Å². The molecule has 1 aliphatic rings. The minimum atomic E-state index is 0.0280. The van der Waals surface area contributed by atoms with Gasteiger partial charge in [-0.2, -0.15) is 0 Å². The van der Waals surface area contributed by atoms with Crippen LogP contribution in [0.4, 0.5) is 0 Å². The zero-order valence-corrected chi connectivity index (χ0v) is 16.9. The number of methoxy groups -OCH3 is 1. The first kappa shape index (κ1) is 19.9. The molecule has 1 N–H and O–H groups in total. The highest BCUT2D eigenvalue weighted by atomic mass is 16.5. The summed E-state index contributed by atoms with van der Waals surface area (Å²) < 4.78 is 11.2. The van der Waals surface area contributed by atoms with Gasteiger partial charge in [0, 0.05) is 12.5 Å². The highest BCUT2D eigenvalue weighted by molar-refractivity contribution is 5.36. The van der Waals surface area contributed by atoms with E-state index in [9.17, 15) is 0 Å². The summed E-state index contributed by atoms with van der Waals surface area (Å²) in [4.78, 5) is 0. The molecule has 3 rings (SSSR count). The fourth-order valence-corrected chi connectivity index (χ4v) is 4.13. The van der Waals surface area contributed by atoms with Crippen molar-refractivity contribution in [3.05, 3.63) is 65.7 Å². The Hall–Kier alpha value is -1.84. The molecule has 2 aromatic carbocycles. The van der Waals surface area contributed by atoms with Crippen molar-refractivity contribution in [1.29, 1.82) is 0 Å². The lowest BCUT2D eigenvalue weighted by molar-refractivity contribution is -0.0717. The normalized spacial score (nSPS) is 20.2. The van der Waals surface area contributed by atoms with Crippen molar-refractivity contribution in [2.24, 2.45) is 5.92 Å². The van der Waals surface area contributed by atoms with Crippen LogP contribution in [0, 0.1) is 5.92 Å². The van der Waals surface area contributed by atoms with Gasteiger partial charge in [0.15, 0.2) is 0 Å². The topological polar surface area (TPSA) is 30.5 Å². The second-order valence-corrected chi connectivity index (χ2v) is 8.20. The Bertz CT molecular complexity index is 681. The van der Waals surface area contributed by atoms with Crippen LogP contribution in [0.25, 0.3) is 0 Å². The van der Waals surface area contributed by atoms with E-state index in [4.69, 9.17) is 9.47 Å². The van der Waals surface area contributed by atoms with Crippen LogP contribution in [0.15, 0.2) is 54.6 Å². The highest BCUT2D eigenvalue weighted by Crippen LogP contribution is 2.30. The molecule has 3 heteroatoms. The third-order valence-electron chi connectivity index (χ3n) is 5.56. The van der Waals surface area contributed by atoms with Gasteiger partial charge >= 0.3 is 0 Å². The van der Waals surface area contributed by atoms with Crippen LogP contribution in [-0.4, -0.2) is 32.4 Å². The molecule has 0 bridgehead atoms. The molecule has 0 aliphatic carbocycles. The number of benzene rings is 2. The number of hydrogen-bond donors (Lipinski definition) is 1. The molecule has 1 fully saturated rings. The monoisotopic (exact) mass is 367 g/mol. The number of hydrogen-bond acceptors (Lipinski definition) is 3. The Kier molecular flexibility index (Phi) is 6.92. The van der Waals surface area contributed by atoms with E-state index in [1.54, 1.807) is 7.11 Å². The third kappa shape index (κ3) is 5.82. The summed E-state index contributed by atoms with van der Waals surface area (Å²) in [6.45, 7) is 7.39. The van der Waals surface area contributed by atoms with Crippen LogP contribution in [0.5, 0.6) is 5.75 Å². The molecule has 146 valence electrons. The summed E-state index contributed by atoms with van der Waals surface area (Å²) in [5.74, 6) is 2.02. The van der Waals surface area contributed by atoms with Crippen molar-refractivity contribution in [2.75, 3.05) is 26.8 Å².